The van der Waals surface area contributed by atoms with Gasteiger partial charge in [-0.15, -0.1) is 0 Å². The Morgan fingerprint density at radius 3 is 2.44 bits per heavy atom. The van der Waals surface area contributed by atoms with E-state index in [-0.39, 0.29) is 5.91 Å². The predicted molar refractivity (Wildman–Crippen MR) is 106 cm³/mol. The van der Waals surface area contributed by atoms with Crippen molar-refractivity contribution in [2.24, 2.45) is 0 Å². The van der Waals surface area contributed by atoms with Crippen LogP contribution in [-0.4, -0.2) is 51.4 Å². The maximum Gasteiger partial charge on any atom is 0.279 e. The summed E-state index contributed by atoms with van der Waals surface area (Å²) in [5, 5.41) is 3.39. The molecule has 1 heterocycles. The number of hydrogen-bond acceptors (Lipinski definition) is 3. The molecular weight excluding hydrogens is 386 g/mol. The van der Waals surface area contributed by atoms with E-state index >= 15 is 0 Å². The highest BCUT2D eigenvalue weighted by molar-refractivity contribution is 7.89. The van der Waals surface area contributed by atoms with Crippen LogP contribution >= 0.6 is 11.6 Å². The van der Waals surface area contributed by atoms with Crippen LogP contribution in [0.2, 0.25) is 5.02 Å². The number of sulfonamides is 1. The molecule has 0 spiro atoms. The minimum atomic E-state index is -3.48. The Balaban J connectivity index is 1.54. The van der Waals surface area contributed by atoms with Crippen molar-refractivity contribution in [1.29, 1.82) is 0 Å². The lowest BCUT2D eigenvalue weighted by atomic mass is 10.2. The Hall–Kier alpha value is -1.93. The van der Waals surface area contributed by atoms with Gasteiger partial charge in [0.25, 0.3) is 5.91 Å². The Labute approximate surface area is 164 Å². The van der Waals surface area contributed by atoms with E-state index in [0.717, 1.165) is 10.5 Å². The van der Waals surface area contributed by atoms with Gasteiger partial charge in [0.2, 0.25) is 10.0 Å². The lowest BCUT2D eigenvalue weighted by Gasteiger charge is -2.31. The van der Waals surface area contributed by atoms with E-state index in [9.17, 15) is 13.2 Å². The second-order valence-electron chi connectivity index (χ2n) is 6.70. The van der Waals surface area contributed by atoms with Gasteiger partial charge in [-0.3, -0.25) is 4.79 Å². The molecule has 1 saturated heterocycles. The fourth-order valence-corrected chi connectivity index (χ4v) is 4.71. The first-order chi connectivity index (χ1) is 12.8. The summed E-state index contributed by atoms with van der Waals surface area (Å²) in [5.41, 5.74) is 1.68. The molecule has 1 aliphatic rings. The highest BCUT2D eigenvalue weighted by Gasteiger charge is 2.31. The second-order valence-corrected chi connectivity index (χ2v) is 9.08. The first kappa shape index (κ1) is 19.8. The molecule has 0 saturated carbocycles. The Morgan fingerprint density at radius 1 is 1.15 bits per heavy atom. The summed E-state index contributed by atoms with van der Waals surface area (Å²) in [6, 6.07) is 13.9. The summed E-state index contributed by atoms with van der Waals surface area (Å²) in [5.74, 6) is -0.109. The maximum atomic E-state index is 12.7. The van der Waals surface area contributed by atoms with Crippen molar-refractivity contribution in [2.45, 2.75) is 11.8 Å². The topological polar surface area (TPSA) is 70.9 Å². The third-order valence-electron chi connectivity index (χ3n) is 4.61. The molecule has 27 heavy (non-hydrogen) atoms. The summed E-state index contributed by atoms with van der Waals surface area (Å²) in [4.78, 5) is 13.6. The van der Waals surface area contributed by atoms with Gasteiger partial charge in [-0.1, -0.05) is 35.4 Å². The van der Waals surface area contributed by atoms with Gasteiger partial charge in [-0.2, -0.15) is 4.31 Å². The average Bonchev–Trinajstić information content (AvgIpc) is 2.62. The highest BCUT2D eigenvalue weighted by atomic mass is 35.5. The Bertz CT molecular complexity index is 908. The number of quaternary nitrogens is 1. The molecule has 2 aromatic rings. The fourth-order valence-electron chi connectivity index (χ4n) is 3.08. The van der Waals surface area contributed by atoms with Crippen LogP contribution in [0.5, 0.6) is 0 Å². The number of carbonyl (C=O) groups excluding carboxylic acids is 1. The molecule has 0 aliphatic carbocycles. The minimum Gasteiger partial charge on any atom is -0.325 e. The smallest absolute Gasteiger partial charge is 0.279 e. The van der Waals surface area contributed by atoms with Crippen LogP contribution in [-0.2, 0) is 14.8 Å². The van der Waals surface area contributed by atoms with Crippen molar-refractivity contribution in [3.8, 4) is 0 Å². The maximum absolute atomic E-state index is 12.7. The zero-order chi connectivity index (χ0) is 19.4. The number of hydrogen-bond donors (Lipinski definition) is 2. The van der Waals surface area contributed by atoms with E-state index in [1.807, 2.05) is 6.92 Å². The third kappa shape index (κ3) is 5.07. The summed E-state index contributed by atoms with van der Waals surface area (Å²) in [7, 11) is -3.48. The summed E-state index contributed by atoms with van der Waals surface area (Å²) in [6.45, 7) is 4.20. The molecule has 1 amide bonds. The Morgan fingerprint density at radius 2 is 1.81 bits per heavy atom. The molecule has 144 valence electrons. The third-order valence-corrected chi connectivity index (χ3v) is 6.76. The van der Waals surface area contributed by atoms with Crippen LogP contribution in [0.15, 0.2) is 53.4 Å². The number of nitrogens with one attached hydrogen (secondary N) is 2. The van der Waals surface area contributed by atoms with Crippen LogP contribution in [0.3, 0.4) is 0 Å². The molecule has 1 fully saturated rings. The molecule has 0 atom stereocenters. The number of amides is 1. The first-order valence-corrected chi connectivity index (χ1v) is 10.6. The van der Waals surface area contributed by atoms with Gasteiger partial charge >= 0.3 is 0 Å². The molecule has 1 aliphatic heterocycles. The van der Waals surface area contributed by atoms with E-state index in [1.54, 1.807) is 48.5 Å². The van der Waals surface area contributed by atoms with Crippen LogP contribution in [0.25, 0.3) is 0 Å². The molecule has 8 heteroatoms. The van der Waals surface area contributed by atoms with Gasteiger partial charge in [0.1, 0.15) is 0 Å². The number of piperazine rings is 1. The van der Waals surface area contributed by atoms with Crippen molar-refractivity contribution >= 4 is 33.2 Å². The molecule has 2 N–H and O–H groups in total. The minimum absolute atomic E-state index is 0.109. The van der Waals surface area contributed by atoms with Crippen LogP contribution in [0, 0.1) is 6.92 Å². The Kier molecular flexibility index (Phi) is 6.16. The largest absolute Gasteiger partial charge is 0.325 e. The lowest BCUT2D eigenvalue weighted by molar-refractivity contribution is -0.895. The van der Waals surface area contributed by atoms with E-state index in [2.05, 4.69) is 5.32 Å². The van der Waals surface area contributed by atoms with Crippen molar-refractivity contribution in [3.63, 3.8) is 0 Å². The van der Waals surface area contributed by atoms with Gasteiger partial charge in [0.15, 0.2) is 6.54 Å². The zero-order valence-electron chi connectivity index (χ0n) is 15.1. The number of rotatable bonds is 5. The van der Waals surface area contributed by atoms with E-state index in [4.69, 9.17) is 11.6 Å². The lowest BCUT2D eigenvalue weighted by Crippen LogP contribution is -3.15. The molecule has 0 bridgehead atoms. The molecule has 6 nitrogen and oxygen atoms in total. The number of carbonyl (C=O) groups is 1. The van der Waals surface area contributed by atoms with Gasteiger partial charge in [0, 0.05) is 10.7 Å². The van der Waals surface area contributed by atoms with E-state index < -0.39 is 10.0 Å². The van der Waals surface area contributed by atoms with Gasteiger partial charge in [0.05, 0.1) is 31.1 Å². The van der Waals surface area contributed by atoms with Crippen molar-refractivity contribution < 1.29 is 18.1 Å². The van der Waals surface area contributed by atoms with Crippen LogP contribution in [0.1, 0.15) is 5.56 Å². The highest BCUT2D eigenvalue weighted by Crippen LogP contribution is 2.16. The van der Waals surface area contributed by atoms with Gasteiger partial charge < -0.3 is 10.2 Å². The quantitative estimate of drug-likeness (QED) is 0.780. The normalized spacial score (nSPS) is 16.2. The van der Waals surface area contributed by atoms with Crippen molar-refractivity contribution in [3.05, 3.63) is 59.1 Å². The van der Waals surface area contributed by atoms with Crippen LogP contribution < -0.4 is 10.2 Å². The SMILES string of the molecule is Cc1ccc(S(=O)(=O)N2CC[NH+](CC(=O)Nc3cccc(Cl)c3)CC2)cc1. The van der Waals surface area contributed by atoms with E-state index in [1.165, 1.54) is 4.31 Å². The average molecular weight is 409 g/mol. The number of anilines is 1. The van der Waals surface area contributed by atoms with Crippen molar-refractivity contribution in [2.75, 3.05) is 38.0 Å². The summed E-state index contributed by atoms with van der Waals surface area (Å²) in [6.07, 6.45) is 0. The molecule has 2 aromatic carbocycles. The monoisotopic (exact) mass is 408 g/mol. The molecule has 0 unspecified atom stereocenters. The standard InChI is InChI=1S/C19H22ClN3O3S/c1-15-5-7-18(8-6-15)27(25,26)23-11-9-22(10-12-23)14-19(24)21-17-4-2-3-16(20)13-17/h2-8,13H,9-12,14H2,1H3,(H,21,24)/p+1. The number of aryl methyl sites for hydroxylation is 1. The van der Waals surface area contributed by atoms with E-state index in [0.29, 0.717) is 48.3 Å². The first-order valence-electron chi connectivity index (χ1n) is 8.80. The van der Waals surface area contributed by atoms with Gasteiger partial charge in [-0.05, 0) is 37.3 Å². The number of halogens is 1. The predicted octanol–water partition coefficient (Wildman–Crippen LogP) is 1.18. The zero-order valence-corrected chi connectivity index (χ0v) is 16.7. The molecule has 0 aromatic heterocycles. The molecule has 3 rings (SSSR count). The molecular formula is C19H23ClN3O3S+. The second kappa shape index (κ2) is 8.39. The summed E-state index contributed by atoms with van der Waals surface area (Å²) < 4.78 is 26.9. The van der Waals surface area contributed by atoms with Crippen molar-refractivity contribution in [1.82, 2.24) is 4.31 Å². The number of benzene rings is 2. The summed E-state index contributed by atoms with van der Waals surface area (Å²) >= 11 is 5.92. The van der Waals surface area contributed by atoms with Crippen LogP contribution in [0.4, 0.5) is 5.69 Å². The van der Waals surface area contributed by atoms with Gasteiger partial charge in [-0.25, -0.2) is 8.42 Å². The molecule has 0 radical (unpaired) electrons. The fraction of sp³-hybridized carbons (Fsp3) is 0.316. The number of nitrogens with zero attached hydrogens (tertiary/aromatic N) is 1.